The second-order valence-electron chi connectivity index (χ2n) is 2.74. The number of hydrogen-bond donors (Lipinski definition) is 1. The van der Waals surface area contributed by atoms with Crippen molar-refractivity contribution >= 4 is 0 Å². The number of H-pyrrole nitrogens is 1. The van der Waals surface area contributed by atoms with E-state index in [2.05, 4.69) is 9.72 Å². The molecular formula is C9H8F2N2O2. The SMILES string of the molecule is COc1cc(C(F)F)c(CC#N)c(=O)[nH]1. The third kappa shape index (κ3) is 2.31. The highest BCUT2D eigenvalue weighted by Gasteiger charge is 2.17. The number of hydrogen-bond acceptors (Lipinski definition) is 3. The first-order valence-corrected chi connectivity index (χ1v) is 4.05. The molecule has 0 amide bonds. The molecule has 1 heterocycles. The van der Waals surface area contributed by atoms with Gasteiger partial charge in [0.05, 0.1) is 19.6 Å². The zero-order chi connectivity index (χ0) is 11.4. The normalized spacial score (nSPS) is 10.1. The highest BCUT2D eigenvalue weighted by atomic mass is 19.3. The summed E-state index contributed by atoms with van der Waals surface area (Å²) in [5.74, 6) is -0.0445. The van der Waals surface area contributed by atoms with Gasteiger partial charge in [0.2, 0.25) is 0 Å². The molecule has 0 aliphatic rings. The molecule has 6 heteroatoms. The highest BCUT2D eigenvalue weighted by molar-refractivity contribution is 5.32. The summed E-state index contributed by atoms with van der Waals surface area (Å²) >= 11 is 0. The first-order valence-electron chi connectivity index (χ1n) is 4.05. The molecule has 1 N–H and O–H groups in total. The molecule has 0 radical (unpaired) electrons. The van der Waals surface area contributed by atoms with Gasteiger partial charge in [-0.15, -0.1) is 0 Å². The number of aromatic nitrogens is 1. The van der Waals surface area contributed by atoms with E-state index >= 15 is 0 Å². The van der Waals surface area contributed by atoms with Crippen LogP contribution >= 0.6 is 0 Å². The summed E-state index contributed by atoms with van der Waals surface area (Å²) in [6.07, 6.45) is -3.15. The van der Waals surface area contributed by atoms with Gasteiger partial charge in [0.1, 0.15) is 0 Å². The molecule has 0 atom stereocenters. The lowest BCUT2D eigenvalue weighted by Gasteiger charge is -2.07. The zero-order valence-corrected chi connectivity index (χ0v) is 7.88. The molecule has 0 spiro atoms. The second-order valence-corrected chi connectivity index (χ2v) is 2.74. The Morgan fingerprint density at radius 2 is 2.33 bits per heavy atom. The fourth-order valence-corrected chi connectivity index (χ4v) is 1.15. The number of alkyl halides is 2. The molecule has 0 aliphatic carbocycles. The van der Waals surface area contributed by atoms with Crippen molar-refractivity contribution in [2.75, 3.05) is 7.11 Å². The van der Waals surface area contributed by atoms with Crippen molar-refractivity contribution in [3.05, 3.63) is 27.5 Å². The van der Waals surface area contributed by atoms with Crippen LogP contribution < -0.4 is 10.3 Å². The van der Waals surface area contributed by atoms with E-state index < -0.39 is 17.5 Å². The minimum Gasteiger partial charge on any atom is -0.482 e. The van der Waals surface area contributed by atoms with Crippen molar-refractivity contribution < 1.29 is 13.5 Å². The summed E-state index contributed by atoms with van der Waals surface area (Å²) in [5.41, 5.74) is -1.39. The summed E-state index contributed by atoms with van der Waals surface area (Å²) in [7, 11) is 1.25. The van der Waals surface area contributed by atoms with Crippen LogP contribution in [0.1, 0.15) is 17.6 Å². The average Bonchev–Trinajstić information content (AvgIpc) is 2.20. The predicted molar refractivity (Wildman–Crippen MR) is 47.9 cm³/mol. The second kappa shape index (κ2) is 4.55. The van der Waals surface area contributed by atoms with Gasteiger partial charge in [0.25, 0.3) is 12.0 Å². The predicted octanol–water partition coefficient (Wildman–Crippen LogP) is 1.39. The third-order valence-corrected chi connectivity index (χ3v) is 1.86. The summed E-state index contributed by atoms with van der Waals surface area (Å²) in [6.45, 7) is 0. The minimum atomic E-state index is -2.80. The zero-order valence-electron chi connectivity index (χ0n) is 7.88. The molecule has 1 aromatic heterocycles. The van der Waals surface area contributed by atoms with Crippen LogP contribution in [-0.4, -0.2) is 12.1 Å². The molecule has 80 valence electrons. The summed E-state index contributed by atoms with van der Waals surface area (Å²) in [4.78, 5) is 13.5. The van der Waals surface area contributed by atoms with Crippen LogP contribution in [0.25, 0.3) is 0 Å². The van der Waals surface area contributed by atoms with Crippen LogP contribution in [0.5, 0.6) is 5.88 Å². The monoisotopic (exact) mass is 214 g/mol. The van der Waals surface area contributed by atoms with Crippen LogP contribution in [0.3, 0.4) is 0 Å². The molecule has 15 heavy (non-hydrogen) atoms. The van der Waals surface area contributed by atoms with E-state index in [1.807, 2.05) is 0 Å². The highest BCUT2D eigenvalue weighted by Crippen LogP contribution is 2.23. The number of ether oxygens (including phenoxy) is 1. The Balaban J connectivity index is 3.37. The van der Waals surface area contributed by atoms with Crippen molar-refractivity contribution in [1.82, 2.24) is 4.98 Å². The van der Waals surface area contributed by atoms with E-state index in [-0.39, 0.29) is 17.9 Å². The number of halogens is 2. The van der Waals surface area contributed by atoms with Crippen molar-refractivity contribution in [3.63, 3.8) is 0 Å². The number of nitrogens with one attached hydrogen (secondary N) is 1. The van der Waals surface area contributed by atoms with Crippen molar-refractivity contribution in [2.45, 2.75) is 12.8 Å². The van der Waals surface area contributed by atoms with E-state index in [1.54, 1.807) is 6.07 Å². The number of nitrogens with zero attached hydrogens (tertiary/aromatic N) is 1. The maximum absolute atomic E-state index is 12.5. The third-order valence-electron chi connectivity index (χ3n) is 1.86. The lowest BCUT2D eigenvalue weighted by Crippen LogP contribution is -2.16. The van der Waals surface area contributed by atoms with E-state index in [4.69, 9.17) is 5.26 Å². The number of pyridine rings is 1. The van der Waals surface area contributed by atoms with Crippen LogP contribution in [0.2, 0.25) is 0 Å². The topological polar surface area (TPSA) is 65.9 Å². The molecule has 0 saturated carbocycles. The van der Waals surface area contributed by atoms with Gasteiger partial charge in [0.15, 0.2) is 5.88 Å². The maximum Gasteiger partial charge on any atom is 0.264 e. The van der Waals surface area contributed by atoms with Crippen molar-refractivity contribution in [2.24, 2.45) is 0 Å². The molecule has 1 rings (SSSR count). The molecule has 0 fully saturated rings. The lowest BCUT2D eigenvalue weighted by molar-refractivity contribution is 0.149. The summed E-state index contributed by atoms with van der Waals surface area (Å²) in [6, 6.07) is 2.69. The molecule has 0 aliphatic heterocycles. The van der Waals surface area contributed by atoms with E-state index in [0.717, 1.165) is 6.07 Å². The van der Waals surface area contributed by atoms with Crippen LogP contribution in [0.15, 0.2) is 10.9 Å². The number of rotatable bonds is 3. The van der Waals surface area contributed by atoms with Gasteiger partial charge in [-0.3, -0.25) is 9.78 Å². The van der Waals surface area contributed by atoms with Gasteiger partial charge in [0, 0.05) is 17.2 Å². The van der Waals surface area contributed by atoms with Gasteiger partial charge in [-0.2, -0.15) is 5.26 Å². The first-order chi connectivity index (χ1) is 7.10. The van der Waals surface area contributed by atoms with Gasteiger partial charge >= 0.3 is 0 Å². The molecule has 0 unspecified atom stereocenters. The molecule has 0 saturated heterocycles. The number of aromatic amines is 1. The van der Waals surface area contributed by atoms with Crippen LogP contribution in [0, 0.1) is 11.3 Å². The Kier molecular flexibility index (Phi) is 3.39. The summed E-state index contributed by atoms with van der Waals surface area (Å²) < 4.78 is 29.7. The maximum atomic E-state index is 12.5. The number of methoxy groups -OCH3 is 1. The van der Waals surface area contributed by atoms with Crippen LogP contribution in [0.4, 0.5) is 8.78 Å². The summed E-state index contributed by atoms with van der Waals surface area (Å²) in [5, 5.41) is 8.40. The first kappa shape index (κ1) is 11.2. The number of nitriles is 1. The Morgan fingerprint density at radius 3 is 2.80 bits per heavy atom. The van der Waals surface area contributed by atoms with Gasteiger partial charge in [-0.05, 0) is 0 Å². The van der Waals surface area contributed by atoms with E-state index in [0.29, 0.717) is 0 Å². The Labute approximate surface area is 84.1 Å². The molecule has 4 nitrogen and oxygen atoms in total. The molecule has 1 aromatic rings. The van der Waals surface area contributed by atoms with Gasteiger partial charge in [-0.1, -0.05) is 0 Å². The molecular weight excluding hydrogens is 206 g/mol. The standard InChI is InChI=1S/C9H8F2N2O2/c1-15-7-4-6(8(10)11)5(2-3-12)9(14)13-7/h4,8H,2H2,1H3,(H,13,14). The average molecular weight is 214 g/mol. The smallest absolute Gasteiger partial charge is 0.264 e. The fourth-order valence-electron chi connectivity index (χ4n) is 1.15. The molecule has 0 aromatic carbocycles. The Morgan fingerprint density at radius 1 is 1.67 bits per heavy atom. The lowest BCUT2D eigenvalue weighted by atomic mass is 10.1. The van der Waals surface area contributed by atoms with Crippen molar-refractivity contribution in [3.8, 4) is 11.9 Å². The van der Waals surface area contributed by atoms with E-state index in [1.165, 1.54) is 7.11 Å². The van der Waals surface area contributed by atoms with Gasteiger partial charge < -0.3 is 4.74 Å². The van der Waals surface area contributed by atoms with E-state index in [9.17, 15) is 13.6 Å². The Hall–Kier alpha value is -1.90. The molecule has 0 bridgehead atoms. The minimum absolute atomic E-state index is 0.0445. The quantitative estimate of drug-likeness (QED) is 0.826. The Bertz CT molecular complexity index is 448. The van der Waals surface area contributed by atoms with Gasteiger partial charge in [-0.25, -0.2) is 8.78 Å². The van der Waals surface area contributed by atoms with Crippen LogP contribution in [-0.2, 0) is 6.42 Å². The fraction of sp³-hybridized carbons (Fsp3) is 0.333. The largest absolute Gasteiger partial charge is 0.482 e. The van der Waals surface area contributed by atoms with Crippen molar-refractivity contribution in [1.29, 1.82) is 5.26 Å².